The van der Waals surface area contributed by atoms with Crippen molar-refractivity contribution in [3.05, 3.63) is 0 Å². The Kier molecular flexibility index (Phi) is 2.36. The van der Waals surface area contributed by atoms with Crippen LogP contribution in [0.25, 0.3) is 0 Å². The number of alkyl halides is 1. The predicted octanol–water partition coefficient (Wildman–Crippen LogP) is 2.39. The summed E-state index contributed by atoms with van der Waals surface area (Å²) in [6, 6.07) is 0. The van der Waals surface area contributed by atoms with Gasteiger partial charge in [-0.3, -0.25) is 0 Å². The largest absolute Gasteiger partial charge is 0.359 e. The maximum absolute atomic E-state index is 5.76. The van der Waals surface area contributed by atoms with E-state index in [0.717, 1.165) is 12.8 Å². The fourth-order valence-electron chi connectivity index (χ4n) is 1.32. The zero-order valence-electron chi connectivity index (χ0n) is 5.93. The molecule has 0 aliphatic carbocycles. The van der Waals surface area contributed by atoms with Gasteiger partial charge in [0.2, 0.25) is 0 Å². The highest BCUT2D eigenvalue weighted by molar-refractivity contribution is 6.19. The van der Waals surface area contributed by atoms with Crippen molar-refractivity contribution >= 4 is 11.6 Å². The minimum atomic E-state index is -0.0232. The highest BCUT2D eigenvalue weighted by Gasteiger charge is 2.28. The molecule has 9 heavy (non-hydrogen) atoms. The van der Waals surface area contributed by atoms with Crippen LogP contribution in [0.1, 0.15) is 26.7 Å². The molecular formula is C7H13ClO. The molecule has 1 saturated heterocycles. The molecule has 0 N–H and O–H groups in total. The van der Waals surface area contributed by atoms with Crippen LogP contribution in [-0.2, 0) is 4.74 Å². The van der Waals surface area contributed by atoms with Crippen molar-refractivity contribution in [3.8, 4) is 0 Å². The molecule has 3 atom stereocenters. The zero-order valence-corrected chi connectivity index (χ0v) is 6.69. The first-order valence-corrected chi connectivity index (χ1v) is 3.97. The molecule has 0 aromatic carbocycles. The van der Waals surface area contributed by atoms with Crippen molar-refractivity contribution in [3.63, 3.8) is 0 Å². The van der Waals surface area contributed by atoms with Gasteiger partial charge in [0.15, 0.2) is 0 Å². The standard InChI is InChI=1S/C7H13ClO/c1-3-6-5(2)4-7(8)9-6/h5-7H,3-4H2,1-2H3/t5?,6-,7-/m1/s1. The van der Waals surface area contributed by atoms with E-state index in [4.69, 9.17) is 16.3 Å². The monoisotopic (exact) mass is 148 g/mol. The molecule has 0 radical (unpaired) electrons. The Labute approximate surface area is 61.3 Å². The first kappa shape index (κ1) is 7.36. The first-order chi connectivity index (χ1) is 4.24. The minimum absolute atomic E-state index is 0.0232. The second kappa shape index (κ2) is 2.89. The van der Waals surface area contributed by atoms with Gasteiger partial charge in [-0.1, -0.05) is 25.4 Å². The van der Waals surface area contributed by atoms with Gasteiger partial charge in [0.25, 0.3) is 0 Å². The van der Waals surface area contributed by atoms with Crippen LogP contribution in [-0.4, -0.2) is 11.7 Å². The molecule has 54 valence electrons. The lowest BCUT2D eigenvalue weighted by Gasteiger charge is -2.09. The molecule has 1 fully saturated rings. The Morgan fingerprint density at radius 1 is 1.67 bits per heavy atom. The lowest BCUT2D eigenvalue weighted by Crippen LogP contribution is -2.11. The van der Waals surface area contributed by atoms with E-state index in [0.29, 0.717) is 12.0 Å². The van der Waals surface area contributed by atoms with Crippen molar-refractivity contribution in [2.24, 2.45) is 5.92 Å². The summed E-state index contributed by atoms with van der Waals surface area (Å²) in [5.74, 6) is 0.650. The average Bonchev–Trinajstić information content (AvgIpc) is 2.10. The number of rotatable bonds is 1. The maximum Gasteiger partial charge on any atom is 0.131 e. The highest BCUT2D eigenvalue weighted by Crippen LogP contribution is 2.29. The topological polar surface area (TPSA) is 9.23 Å². The molecule has 2 heteroatoms. The highest BCUT2D eigenvalue weighted by atomic mass is 35.5. The van der Waals surface area contributed by atoms with Crippen LogP contribution >= 0.6 is 11.6 Å². The van der Waals surface area contributed by atoms with Gasteiger partial charge in [0.1, 0.15) is 5.56 Å². The van der Waals surface area contributed by atoms with E-state index in [1.54, 1.807) is 0 Å². The first-order valence-electron chi connectivity index (χ1n) is 3.53. The lowest BCUT2D eigenvalue weighted by atomic mass is 10.0. The van der Waals surface area contributed by atoms with E-state index in [2.05, 4.69) is 13.8 Å². The van der Waals surface area contributed by atoms with Crippen LogP contribution < -0.4 is 0 Å². The third-order valence-electron chi connectivity index (χ3n) is 1.92. The van der Waals surface area contributed by atoms with Gasteiger partial charge >= 0.3 is 0 Å². The molecule has 0 aromatic heterocycles. The molecule has 1 unspecified atom stereocenters. The van der Waals surface area contributed by atoms with Crippen molar-refractivity contribution in [2.45, 2.75) is 38.4 Å². The predicted molar refractivity (Wildman–Crippen MR) is 38.6 cm³/mol. The van der Waals surface area contributed by atoms with E-state index >= 15 is 0 Å². The Hall–Kier alpha value is 0.250. The smallest absolute Gasteiger partial charge is 0.131 e. The third kappa shape index (κ3) is 1.59. The summed E-state index contributed by atoms with van der Waals surface area (Å²) in [4.78, 5) is 0. The molecule has 0 amide bonds. The zero-order chi connectivity index (χ0) is 6.85. The second-order valence-electron chi connectivity index (χ2n) is 2.71. The summed E-state index contributed by atoms with van der Waals surface area (Å²) in [6.45, 7) is 4.33. The van der Waals surface area contributed by atoms with Gasteiger partial charge in [-0.2, -0.15) is 0 Å². The van der Waals surface area contributed by atoms with Gasteiger partial charge < -0.3 is 4.74 Å². The second-order valence-corrected chi connectivity index (χ2v) is 3.19. The van der Waals surface area contributed by atoms with Crippen LogP contribution in [0.5, 0.6) is 0 Å². The number of hydrogen-bond acceptors (Lipinski definition) is 1. The molecule has 1 rings (SSSR count). The van der Waals surface area contributed by atoms with E-state index in [1.807, 2.05) is 0 Å². The average molecular weight is 149 g/mol. The Balaban J connectivity index is 2.38. The van der Waals surface area contributed by atoms with Crippen LogP contribution in [0, 0.1) is 5.92 Å². The van der Waals surface area contributed by atoms with Crippen LogP contribution in [0.15, 0.2) is 0 Å². The van der Waals surface area contributed by atoms with Gasteiger partial charge in [0.05, 0.1) is 6.10 Å². The molecule has 0 aromatic rings. The quantitative estimate of drug-likeness (QED) is 0.519. The van der Waals surface area contributed by atoms with Gasteiger partial charge in [0, 0.05) is 0 Å². The normalized spacial score (nSPS) is 43.7. The Morgan fingerprint density at radius 3 is 2.56 bits per heavy atom. The molecule has 0 spiro atoms. The van der Waals surface area contributed by atoms with E-state index in [1.165, 1.54) is 0 Å². The van der Waals surface area contributed by atoms with Crippen molar-refractivity contribution in [1.82, 2.24) is 0 Å². The maximum atomic E-state index is 5.76. The molecular weight excluding hydrogens is 136 g/mol. The van der Waals surface area contributed by atoms with Crippen molar-refractivity contribution < 1.29 is 4.74 Å². The summed E-state index contributed by atoms with van der Waals surface area (Å²) in [6.07, 6.45) is 2.51. The molecule has 0 bridgehead atoms. The molecule has 1 aliphatic rings. The molecule has 1 nitrogen and oxygen atoms in total. The summed E-state index contributed by atoms with van der Waals surface area (Å²) in [5, 5.41) is 0. The minimum Gasteiger partial charge on any atom is -0.359 e. The van der Waals surface area contributed by atoms with Gasteiger partial charge in [-0.15, -0.1) is 0 Å². The summed E-state index contributed by atoms with van der Waals surface area (Å²) in [7, 11) is 0. The van der Waals surface area contributed by atoms with Crippen molar-refractivity contribution in [1.29, 1.82) is 0 Å². The Morgan fingerprint density at radius 2 is 2.33 bits per heavy atom. The fourth-order valence-corrected chi connectivity index (χ4v) is 1.74. The van der Waals surface area contributed by atoms with Crippen LogP contribution in [0.2, 0.25) is 0 Å². The number of ether oxygens (including phenoxy) is 1. The van der Waals surface area contributed by atoms with E-state index < -0.39 is 0 Å². The fraction of sp³-hybridized carbons (Fsp3) is 1.00. The van der Waals surface area contributed by atoms with Crippen LogP contribution in [0.3, 0.4) is 0 Å². The van der Waals surface area contributed by atoms with E-state index in [9.17, 15) is 0 Å². The number of halogens is 1. The summed E-state index contributed by atoms with van der Waals surface area (Å²) in [5.41, 5.74) is -0.0232. The summed E-state index contributed by atoms with van der Waals surface area (Å²) < 4.78 is 5.39. The number of hydrogen-bond donors (Lipinski definition) is 0. The van der Waals surface area contributed by atoms with Gasteiger partial charge in [-0.05, 0) is 18.8 Å². The SMILES string of the molecule is CC[C@H]1O[C@@H](Cl)CC1C. The van der Waals surface area contributed by atoms with Crippen LogP contribution in [0.4, 0.5) is 0 Å². The molecule has 1 heterocycles. The lowest BCUT2D eigenvalue weighted by molar-refractivity contribution is 0.0721. The molecule has 0 saturated carbocycles. The van der Waals surface area contributed by atoms with Gasteiger partial charge in [-0.25, -0.2) is 0 Å². The Bertz CT molecular complexity index is 94.9. The van der Waals surface area contributed by atoms with E-state index in [-0.39, 0.29) is 5.56 Å². The third-order valence-corrected chi connectivity index (χ3v) is 2.20. The summed E-state index contributed by atoms with van der Waals surface area (Å²) >= 11 is 5.76. The van der Waals surface area contributed by atoms with Crippen molar-refractivity contribution in [2.75, 3.05) is 0 Å². The molecule has 1 aliphatic heterocycles.